The van der Waals surface area contributed by atoms with E-state index in [1.54, 1.807) is 0 Å². The summed E-state index contributed by atoms with van der Waals surface area (Å²) in [5.74, 6) is 0. The molecular formula is C20H34O2. The van der Waals surface area contributed by atoms with Crippen LogP contribution < -0.4 is 0 Å². The Balaban J connectivity index is 2.14. The lowest BCUT2D eigenvalue weighted by Crippen LogP contribution is -2.24. The average molecular weight is 306 g/mol. The van der Waals surface area contributed by atoms with Crippen molar-refractivity contribution in [1.29, 1.82) is 0 Å². The normalized spacial score (nSPS) is 17.6. The zero-order chi connectivity index (χ0) is 16.2. The van der Waals surface area contributed by atoms with Gasteiger partial charge in [-0.15, -0.1) is 0 Å². The third-order valence-electron chi connectivity index (χ3n) is 3.91. The van der Waals surface area contributed by atoms with E-state index in [9.17, 15) is 0 Å². The predicted octanol–water partition coefficient (Wildman–Crippen LogP) is 5.95. The molecule has 1 aliphatic heterocycles. The highest BCUT2D eigenvalue weighted by Gasteiger charge is 2.12. The molecule has 0 aromatic rings. The number of allylic oxidation sites excluding steroid dienone is 6. The molecule has 0 atom stereocenters. The third-order valence-corrected chi connectivity index (χ3v) is 3.91. The molecule has 126 valence electrons. The Labute approximate surface area is 137 Å². The first-order valence-corrected chi connectivity index (χ1v) is 8.75. The summed E-state index contributed by atoms with van der Waals surface area (Å²) in [5, 5.41) is 0. The molecule has 1 rings (SSSR count). The molecule has 22 heavy (non-hydrogen) atoms. The maximum Gasteiger partial charge on any atom is 0.157 e. The smallest absolute Gasteiger partial charge is 0.157 e. The second-order valence-corrected chi connectivity index (χ2v) is 6.56. The van der Waals surface area contributed by atoms with Crippen molar-refractivity contribution in [3.63, 3.8) is 0 Å². The number of hydrogen-bond acceptors (Lipinski definition) is 2. The third kappa shape index (κ3) is 9.97. The van der Waals surface area contributed by atoms with E-state index >= 15 is 0 Å². The Morgan fingerprint density at radius 2 is 1.36 bits per heavy atom. The highest BCUT2D eigenvalue weighted by Crippen LogP contribution is 2.14. The Hall–Kier alpha value is -0.860. The van der Waals surface area contributed by atoms with Crippen molar-refractivity contribution >= 4 is 0 Å². The average Bonchev–Trinajstić information content (AvgIpc) is 2.48. The predicted molar refractivity (Wildman–Crippen MR) is 95.0 cm³/mol. The summed E-state index contributed by atoms with van der Waals surface area (Å²) >= 11 is 0. The molecule has 0 aromatic heterocycles. The molecule has 0 saturated carbocycles. The van der Waals surface area contributed by atoms with E-state index in [1.807, 2.05) is 0 Å². The number of hydrogen-bond donors (Lipinski definition) is 0. The van der Waals surface area contributed by atoms with Crippen LogP contribution in [0.1, 0.15) is 72.6 Å². The zero-order valence-electron chi connectivity index (χ0n) is 15.0. The first-order chi connectivity index (χ1) is 10.6. The van der Waals surface area contributed by atoms with E-state index in [1.165, 1.54) is 29.6 Å². The van der Waals surface area contributed by atoms with Crippen molar-refractivity contribution in [2.75, 3.05) is 13.2 Å². The van der Waals surface area contributed by atoms with Gasteiger partial charge in [-0.3, -0.25) is 0 Å². The van der Waals surface area contributed by atoms with E-state index < -0.39 is 0 Å². The van der Waals surface area contributed by atoms with Gasteiger partial charge in [0.15, 0.2) is 6.29 Å². The molecule has 0 amide bonds. The summed E-state index contributed by atoms with van der Waals surface area (Å²) < 4.78 is 11.1. The first-order valence-electron chi connectivity index (χ1n) is 8.75. The van der Waals surface area contributed by atoms with Crippen molar-refractivity contribution in [2.24, 2.45) is 0 Å². The molecular weight excluding hydrogens is 272 g/mol. The number of rotatable bonds is 9. The molecule has 0 aliphatic carbocycles. The second-order valence-electron chi connectivity index (χ2n) is 6.56. The SMILES string of the molecule is CC(C)=CCCC(C)=CCCC(C)=CCCC1OCCCO1. The second kappa shape index (κ2) is 11.7. The molecule has 2 nitrogen and oxygen atoms in total. The number of ether oxygens (including phenoxy) is 2. The molecule has 1 aliphatic rings. The van der Waals surface area contributed by atoms with E-state index in [-0.39, 0.29) is 6.29 Å². The Morgan fingerprint density at radius 3 is 1.95 bits per heavy atom. The van der Waals surface area contributed by atoms with Crippen LogP contribution in [0, 0.1) is 0 Å². The van der Waals surface area contributed by atoms with Crippen molar-refractivity contribution < 1.29 is 9.47 Å². The topological polar surface area (TPSA) is 18.5 Å². The van der Waals surface area contributed by atoms with Crippen LogP contribution in [0.5, 0.6) is 0 Å². The standard InChI is InChI=1S/C20H34O2/c1-17(2)9-5-10-18(3)11-6-12-19(4)13-7-14-20-21-15-8-16-22-20/h9,11,13,20H,5-8,10,12,14-16H2,1-4H3. The van der Waals surface area contributed by atoms with Crippen molar-refractivity contribution in [3.05, 3.63) is 34.9 Å². The zero-order valence-corrected chi connectivity index (χ0v) is 15.0. The van der Waals surface area contributed by atoms with Gasteiger partial charge in [0.2, 0.25) is 0 Å². The van der Waals surface area contributed by atoms with Gasteiger partial charge < -0.3 is 9.47 Å². The fraction of sp³-hybridized carbons (Fsp3) is 0.700. The Bertz CT molecular complexity index is 381. The fourth-order valence-corrected chi connectivity index (χ4v) is 2.51. The molecule has 1 saturated heterocycles. The lowest BCUT2D eigenvalue weighted by Gasteiger charge is -2.22. The van der Waals surface area contributed by atoms with E-state index in [0.29, 0.717) is 0 Å². The first kappa shape index (κ1) is 19.2. The van der Waals surface area contributed by atoms with Crippen LogP contribution in [-0.2, 0) is 9.47 Å². The van der Waals surface area contributed by atoms with E-state index in [4.69, 9.17) is 9.47 Å². The van der Waals surface area contributed by atoms with Gasteiger partial charge in [0, 0.05) is 6.42 Å². The largest absolute Gasteiger partial charge is 0.353 e. The lowest BCUT2D eigenvalue weighted by atomic mass is 10.1. The Morgan fingerprint density at radius 1 is 0.818 bits per heavy atom. The minimum absolute atomic E-state index is 0.0232. The van der Waals surface area contributed by atoms with Gasteiger partial charge >= 0.3 is 0 Å². The highest BCUT2D eigenvalue weighted by molar-refractivity contribution is 5.05. The minimum Gasteiger partial charge on any atom is -0.353 e. The Kier molecular flexibility index (Phi) is 10.2. The molecule has 1 heterocycles. The fourth-order valence-electron chi connectivity index (χ4n) is 2.51. The van der Waals surface area contributed by atoms with Crippen LogP contribution in [0.4, 0.5) is 0 Å². The maximum atomic E-state index is 5.56. The van der Waals surface area contributed by atoms with Crippen LogP contribution in [0.15, 0.2) is 34.9 Å². The highest BCUT2D eigenvalue weighted by atomic mass is 16.7. The van der Waals surface area contributed by atoms with Crippen molar-refractivity contribution in [2.45, 2.75) is 78.9 Å². The van der Waals surface area contributed by atoms with Gasteiger partial charge in [0.05, 0.1) is 13.2 Å². The summed E-state index contributed by atoms with van der Waals surface area (Å²) in [4.78, 5) is 0. The molecule has 0 unspecified atom stereocenters. The summed E-state index contributed by atoms with van der Waals surface area (Å²) in [6, 6.07) is 0. The summed E-state index contributed by atoms with van der Waals surface area (Å²) in [5.41, 5.74) is 4.40. The minimum atomic E-state index is 0.0232. The van der Waals surface area contributed by atoms with Gasteiger partial charge in [-0.25, -0.2) is 0 Å². The van der Waals surface area contributed by atoms with Gasteiger partial charge in [-0.1, -0.05) is 34.9 Å². The van der Waals surface area contributed by atoms with Gasteiger partial charge in [0.1, 0.15) is 0 Å². The molecule has 0 bridgehead atoms. The van der Waals surface area contributed by atoms with Gasteiger partial charge in [-0.2, -0.15) is 0 Å². The van der Waals surface area contributed by atoms with E-state index in [0.717, 1.165) is 45.3 Å². The van der Waals surface area contributed by atoms with Crippen molar-refractivity contribution in [1.82, 2.24) is 0 Å². The lowest BCUT2D eigenvalue weighted by molar-refractivity contribution is -0.180. The maximum absolute atomic E-state index is 5.56. The molecule has 0 spiro atoms. The van der Waals surface area contributed by atoms with Crippen LogP contribution in [-0.4, -0.2) is 19.5 Å². The molecule has 0 aromatic carbocycles. The van der Waals surface area contributed by atoms with Crippen LogP contribution in [0.3, 0.4) is 0 Å². The molecule has 0 radical (unpaired) electrons. The van der Waals surface area contributed by atoms with Crippen LogP contribution in [0.2, 0.25) is 0 Å². The van der Waals surface area contributed by atoms with Crippen molar-refractivity contribution in [3.8, 4) is 0 Å². The summed E-state index contributed by atoms with van der Waals surface area (Å²) in [7, 11) is 0. The van der Waals surface area contributed by atoms with Crippen LogP contribution >= 0.6 is 0 Å². The quantitative estimate of drug-likeness (QED) is 0.490. The summed E-state index contributed by atoms with van der Waals surface area (Å²) in [6.45, 7) is 10.5. The molecule has 2 heteroatoms. The van der Waals surface area contributed by atoms with Gasteiger partial charge in [-0.05, 0) is 66.2 Å². The summed E-state index contributed by atoms with van der Waals surface area (Å²) in [6.07, 6.45) is 14.8. The molecule has 0 N–H and O–H groups in total. The molecule has 1 fully saturated rings. The van der Waals surface area contributed by atoms with E-state index in [2.05, 4.69) is 45.9 Å². The van der Waals surface area contributed by atoms with Crippen LogP contribution in [0.25, 0.3) is 0 Å². The van der Waals surface area contributed by atoms with Gasteiger partial charge in [0.25, 0.3) is 0 Å². The monoisotopic (exact) mass is 306 g/mol.